The van der Waals surface area contributed by atoms with Crippen molar-refractivity contribution in [3.8, 4) is 0 Å². The molecule has 0 heterocycles. The SMILES string of the molecule is Cc1ccc(C23CC4CC(CC(C(=O)NCc5ccc(C(=O)NCC(N)=O)cc5)(C4)C2)C3)cc1. The molecule has 3 amide bonds. The van der Waals surface area contributed by atoms with E-state index in [0.29, 0.717) is 23.9 Å². The zero-order valence-electron chi connectivity index (χ0n) is 19.7. The minimum atomic E-state index is -0.582. The Labute approximate surface area is 200 Å². The molecule has 2 aromatic carbocycles. The first-order valence-corrected chi connectivity index (χ1v) is 12.3. The van der Waals surface area contributed by atoms with Gasteiger partial charge in [-0.05, 0) is 86.0 Å². The lowest BCUT2D eigenvalue weighted by atomic mass is 9.42. The highest BCUT2D eigenvalue weighted by Gasteiger charge is 2.60. The zero-order chi connectivity index (χ0) is 23.9. The molecular weight excluding hydrogens is 426 g/mol. The van der Waals surface area contributed by atoms with Crippen molar-refractivity contribution in [3.63, 3.8) is 0 Å². The number of hydrogen-bond acceptors (Lipinski definition) is 3. The van der Waals surface area contributed by atoms with Crippen LogP contribution in [0.1, 0.15) is 65.6 Å². The molecule has 6 heteroatoms. The first kappa shape index (κ1) is 22.6. The van der Waals surface area contributed by atoms with Crippen molar-refractivity contribution in [1.82, 2.24) is 10.6 Å². The summed E-state index contributed by atoms with van der Waals surface area (Å²) < 4.78 is 0. The fraction of sp³-hybridized carbons (Fsp3) is 0.464. The summed E-state index contributed by atoms with van der Waals surface area (Å²) in [6.45, 7) is 2.37. The van der Waals surface area contributed by atoms with Gasteiger partial charge in [-0.2, -0.15) is 0 Å². The van der Waals surface area contributed by atoms with Crippen molar-refractivity contribution in [2.45, 2.75) is 57.4 Å². The molecule has 0 aromatic heterocycles. The van der Waals surface area contributed by atoms with Gasteiger partial charge >= 0.3 is 0 Å². The maximum Gasteiger partial charge on any atom is 0.251 e. The predicted molar refractivity (Wildman–Crippen MR) is 130 cm³/mol. The molecule has 0 aliphatic heterocycles. The molecule has 0 saturated heterocycles. The summed E-state index contributed by atoms with van der Waals surface area (Å²) in [5.74, 6) is 0.519. The average Bonchev–Trinajstić information content (AvgIpc) is 2.80. The number of rotatable bonds is 7. The Morgan fingerprint density at radius 3 is 2.18 bits per heavy atom. The number of benzene rings is 2. The van der Waals surface area contributed by atoms with Crippen molar-refractivity contribution < 1.29 is 14.4 Å². The summed E-state index contributed by atoms with van der Waals surface area (Å²) >= 11 is 0. The maximum absolute atomic E-state index is 13.6. The van der Waals surface area contributed by atoms with Crippen LogP contribution in [0.4, 0.5) is 0 Å². The number of nitrogens with one attached hydrogen (secondary N) is 2. The Balaban J connectivity index is 1.26. The van der Waals surface area contributed by atoms with Crippen molar-refractivity contribution in [2.24, 2.45) is 23.0 Å². The van der Waals surface area contributed by atoms with E-state index in [9.17, 15) is 14.4 Å². The van der Waals surface area contributed by atoms with E-state index < -0.39 is 5.91 Å². The van der Waals surface area contributed by atoms with Gasteiger partial charge in [-0.25, -0.2) is 0 Å². The van der Waals surface area contributed by atoms with Gasteiger partial charge in [0.25, 0.3) is 5.91 Å². The molecule has 0 radical (unpaired) electrons. The van der Waals surface area contributed by atoms with Crippen LogP contribution in [-0.4, -0.2) is 24.3 Å². The highest BCUT2D eigenvalue weighted by atomic mass is 16.2. The number of hydrogen-bond donors (Lipinski definition) is 3. The van der Waals surface area contributed by atoms with Crippen LogP contribution in [0, 0.1) is 24.2 Å². The van der Waals surface area contributed by atoms with Gasteiger partial charge < -0.3 is 16.4 Å². The highest BCUT2D eigenvalue weighted by molar-refractivity contribution is 5.96. The van der Waals surface area contributed by atoms with E-state index in [1.807, 2.05) is 12.1 Å². The molecule has 178 valence electrons. The third kappa shape index (κ3) is 4.22. The lowest BCUT2D eigenvalue weighted by Gasteiger charge is -2.61. The third-order valence-electron chi connectivity index (χ3n) is 8.30. The van der Waals surface area contributed by atoms with Crippen LogP contribution < -0.4 is 16.4 Å². The molecule has 4 aliphatic carbocycles. The number of primary amides is 1. The van der Waals surface area contributed by atoms with Crippen molar-refractivity contribution >= 4 is 17.7 Å². The highest BCUT2D eigenvalue weighted by Crippen LogP contribution is 2.65. The molecule has 4 saturated carbocycles. The molecule has 6 nitrogen and oxygen atoms in total. The molecule has 2 unspecified atom stereocenters. The Kier molecular flexibility index (Phi) is 5.70. The van der Waals surface area contributed by atoms with E-state index in [1.54, 1.807) is 12.1 Å². The van der Waals surface area contributed by atoms with Gasteiger partial charge in [-0.1, -0.05) is 42.0 Å². The second kappa shape index (κ2) is 8.57. The van der Waals surface area contributed by atoms with E-state index in [4.69, 9.17) is 5.73 Å². The summed E-state index contributed by atoms with van der Waals surface area (Å²) in [6.07, 6.45) is 6.63. The van der Waals surface area contributed by atoms with Gasteiger partial charge in [-0.15, -0.1) is 0 Å². The third-order valence-corrected chi connectivity index (χ3v) is 8.30. The van der Waals surface area contributed by atoms with Gasteiger partial charge in [0, 0.05) is 12.1 Å². The molecule has 4 bridgehead atoms. The van der Waals surface area contributed by atoms with Gasteiger partial charge in [-0.3, -0.25) is 14.4 Å². The fourth-order valence-electron chi connectivity index (χ4n) is 7.19. The molecule has 2 atom stereocenters. The molecule has 4 fully saturated rings. The largest absolute Gasteiger partial charge is 0.368 e. The van der Waals surface area contributed by atoms with Gasteiger partial charge in [0.1, 0.15) is 0 Å². The summed E-state index contributed by atoms with van der Waals surface area (Å²) in [6, 6.07) is 16.1. The van der Waals surface area contributed by atoms with Crippen molar-refractivity contribution in [2.75, 3.05) is 6.54 Å². The normalized spacial score (nSPS) is 29.0. The van der Waals surface area contributed by atoms with Crippen LogP contribution in [0.3, 0.4) is 0 Å². The van der Waals surface area contributed by atoms with Crippen LogP contribution in [0.5, 0.6) is 0 Å². The minimum Gasteiger partial charge on any atom is -0.368 e. The number of amides is 3. The number of carbonyl (C=O) groups excluding carboxylic acids is 3. The molecule has 0 spiro atoms. The number of nitrogens with two attached hydrogens (primary N) is 1. The van der Waals surface area contributed by atoms with E-state index in [0.717, 1.165) is 24.8 Å². The Morgan fingerprint density at radius 1 is 0.912 bits per heavy atom. The van der Waals surface area contributed by atoms with Crippen LogP contribution in [0.2, 0.25) is 0 Å². The smallest absolute Gasteiger partial charge is 0.251 e. The summed E-state index contributed by atoms with van der Waals surface area (Å²) in [7, 11) is 0. The Morgan fingerprint density at radius 2 is 1.56 bits per heavy atom. The average molecular weight is 460 g/mol. The topological polar surface area (TPSA) is 101 Å². The summed E-state index contributed by atoms with van der Waals surface area (Å²) in [5, 5.41) is 5.70. The second-order valence-corrected chi connectivity index (χ2v) is 10.9. The minimum absolute atomic E-state index is 0.134. The summed E-state index contributed by atoms with van der Waals surface area (Å²) in [4.78, 5) is 36.5. The molecule has 34 heavy (non-hydrogen) atoms. The number of carbonyl (C=O) groups is 3. The van der Waals surface area contributed by atoms with Crippen molar-refractivity contribution in [1.29, 1.82) is 0 Å². The standard InChI is InChI=1S/C28H33N3O3/c1-18-2-8-23(9-3-18)27-11-20-10-21(12-27)14-28(13-20,17-27)26(34)31-15-19-4-6-22(7-5-19)25(33)30-16-24(29)32/h2-9,20-21H,10-17H2,1H3,(H2,29,32)(H,30,33)(H,31,34). The van der Waals surface area contributed by atoms with E-state index in [-0.39, 0.29) is 29.2 Å². The van der Waals surface area contributed by atoms with E-state index >= 15 is 0 Å². The van der Waals surface area contributed by atoms with Crippen LogP contribution in [0.25, 0.3) is 0 Å². The van der Waals surface area contributed by atoms with E-state index in [2.05, 4.69) is 41.8 Å². The zero-order valence-corrected chi connectivity index (χ0v) is 19.7. The molecule has 4 aliphatic rings. The van der Waals surface area contributed by atoms with Gasteiger partial charge in [0.05, 0.1) is 12.0 Å². The fourth-order valence-corrected chi connectivity index (χ4v) is 7.19. The molecular formula is C28H33N3O3. The quantitative estimate of drug-likeness (QED) is 0.592. The van der Waals surface area contributed by atoms with Crippen LogP contribution in [-0.2, 0) is 21.5 Å². The number of aryl methyl sites for hydroxylation is 1. The first-order valence-electron chi connectivity index (χ1n) is 12.3. The summed E-state index contributed by atoms with van der Waals surface area (Å²) in [5.41, 5.74) is 9.02. The molecule has 2 aromatic rings. The Bertz CT molecular complexity index is 1090. The Hall–Kier alpha value is -3.15. The van der Waals surface area contributed by atoms with Gasteiger partial charge in [0.2, 0.25) is 11.8 Å². The second-order valence-electron chi connectivity index (χ2n) is 10.9. The predicted octanol–water partition coefficient (Wildman–Crippen LogP) is 3.36. The van der Waals surface area contributed by atoms with Gasteiger partial charge in [0.15, 0.2) is 0 Å². The monoisotopic (exact) mass is 459 g/mol. The lowest BCUT2D eigenvalue weighted by Crippen LogP contribution is -2.59. The molecule has 6 rings (SSSR count). The molecule has 4 N–H and O–H groups in total. The van der Waals surface area contributed by atoms with Crippen molar-refractivity contribution in [3.05, 3.63) is 70.8 Å². The van der Waals surface area contributed by atoms with Crippen LogP contribution in [0.15, 0.2) is 48.5 Å². The van der Waals surface area contributed by atoms with E-state index in [1.165, 1.54) is 30.4 Å². The lowest BCUT2D eigenvalue weighted by molar-refractivity contribution is -0.149. The first-order chi connectivity index (χ1) is 16.3. The maximum atomic E-state index is 13.6. The van der Waals surface area contributed by atoms with Crippen LogP contribution >= 0.6 is 0 Å².